The molecule has 1 aliphatic rings. The van der Waals surface area contributed by atoms with E-state index in [2.05, 4.69) is 13.0 Å². The van der Waals surface area contributed by atoms with Gasteiger partial charge >= 0.3 is 0 Å². The van der Waals surface area contributed by atoms with Gasteiger partial charge in [0.15, 0.2) is 5.78 Å². The van der Waals surface area contributed by atoms with Gasteiger partial charge in [-0.3, -0.25) is 4.79 Å². The lowest BCUT2D eigenvalue weighted by atomic mass is 9.89. The van der Waals surface area contributed by atoms with Crippen LogP contribution >= 0.6 is 0 Å². The first-order valence-electron chi connectivity index (χ1n) is 7.74. The van der Waals surface area contributed by atoms with Gasteiger partial charge in [0, 0.05) is 11.0 Å². The number of Topliss-reactive ketones (excluding diaryl/α,β-unsaturated/α-hetero) is 1. The summed E-state index contributed by atoms with van der Waals surface area (Å²) < 4.78 is 5.49. The minimum Gasteiger partial charge on any atom is -0.496 e. The monoisotopic (exact) mass is 274 g/mol. The first kappa shape index (κ1) is 15.1. The summed E-state index contributed by atoms with van der Waals surface area (Å²) in [6.45, 7) is 6.29. The van der Waals surface area contributed by atoms with E-state index in [0.717, 1.165) is 24.2 Å². The number of benzene rings is 1. The first-order chi connectivity index (χ1) is 9.49. The molecule has 1 aromatic rings. The minimum absolute atomic E-state index is 0.253. The maximum atomic E-state index is 12.3. The number of carbonyl (C=O) groups is 1. The lowest BCUT2D eigenvalue weighted by Gasteiger charge is -2.12. The molecular weight excluding hydrogens is 248 g/mol. The first-order valence-corrected chi connectivity index (χ1v) is 7.74. The van der Waals surface area contributed by atoms with E-state index in [9.17, 15) is 4.79 Å². The molecule has 2 nitrogen and oxygen atoms in total. The topological polar surface area (TPSA) is 26.3 Å². The van der Waals surface area contributed by atoms with Crippen LogP contribution in [0.15, 0.2) is 12.1 Å². The van der Waals surface area contributed by atoms with Gasteiger partial charge in [-0.1, -0.05) is 46.1 Å². The third-order valence-electron chi connectivity index (χ3n) is 4.30. The molecule has 2 heteroatoms. The van der Waals surface area contributed by atoms with Crippen molar-refractivity contribution in [3.63, 3.8) is 0 Å². The molecule has 0 N–H and O–H groups in total. The zero-order valence-corrected chi connectivity index (χ0v) is 13.2. The van der Waals surface area contributed by atoms with Crippen molar-refractivity contribution in [3.8, 4) is 5.75 Å². The molecule has 110 valence electrons. The summed E-state index contributed by atoms with van der Waals surface area (Å²) in [5, 5.41) is 0. The number of hydrogen-bond donors (Lipinski definition) is 0. The van der Waals surface area contributed by atoms with Gasteiger partial charge in [-0.2, -0.15) is 0 Å². The SMILES string of the molecule is CCCCCCc1cc2c(cc1OC)C(=O)C(C)(C)C2. The molecule has 2 rings (SSSR count). The molecule has 1 aliphatic carbocycles. The highest BCUT2D eigenvalue weighted by Crippen LogP contribution is 2.39. The number of hydrogen-bond acceptors (Lipinski definition) is 2. The Morgan fingerprint density at radius 1 is 1.20 bits per heavy atom. The summed E-state index contributed by atoms with van der Waals surface area (Å²) in [6.07, 6.45) is 6.91. The van der Waals surface area contributed by atoms with E-state index in [1.54, 1.807) is 7.11 Å². The Balaban J connectivity index is 2.21. The summed E-state index contributed by atoms with van der Waals surface area (Å²) in [4.78, 5) is 12.3. The molecule has 0 amide bonds. The molecule has 0 aromatic heterocycles. The molecular formula is C18H26O2. The molecule has 0 atom stereocenters. The van der Waals surface area contributed by atoms with Gasteiger partial charge in [0.1, 0.15) is 5.75 Å². The summed E-state index contributed by atoms with van der Waals surface area (Å²) in [6, 6.07) is 4.16. The Kier molecular flexibility index (Phi) is 4.52. The third-order valence-corrected chi connectivity index (χ3v) is 4.30. The molecule has 0 unspecified atom stereocenters. The van der Waals surface area contributed by atoms with Crippen LogP contribution in [0, 0.1) is 5.41 Å². The zero-order chi connectivity index (χ0) is 14.8. The van der Waals surface area contributed by atoms with Gasteiger partial charge in [0.2, 0.25) is 0 Å². The Bertz CT molecular complexity index is 500. The largest absolute Gasteiger partial charge is 0.496 e. The van der Waals surface area contributed by atoms with Crippen molar-refractivity contribution < 1.29 is 9.53 Å². The van der Waals surface area contributed by atoms with E-state index in [0.29, 0.717) is 0 Å². The van der Waals surface area contributed by atoms with Gasteiger partial charge in [0.05, 0.1) is 7.11 Å². The predicted octanol–water partition coefficient (Wildman–Crippen LogP) is 4.58. The third kappa shape index (κ3) is 2.89. The van der Waals surface area contributed by atoms with E-state index < -0.39 is 0 Å². The summed E-state index contributed by atoms with van der Waals surface area (Å²) in [5.74, 6) is 1.13. The van der Waals surface area contributed by atoms with Crippen LogP contribution < -0.4 is 4.74 Å². The van der Waals surface area contributed by atoms with Crippen molar-refractivity contribution in [1.82, 2.24) is 0 Å². The smallest absolute Gasteiger partial charge is 0.169 e. The van der Waals surface area contributed by atoms with Crippen LogP contribution in [0.25, 0.3) is 0 Å². The average molecular weight is 274 g/mol. The molecule has 0 heterocycles. The number of ether oxygens (including phenoxy) is 1. The maximum absolute atomic E-state index is 12.3. The molecule has 0 saturated heterocycles. The fraction of sp³-hybridized carbons (Fsp3) is 0.611. The van der Waals surface area contributed by atoms with Crippen LogP contribution in [0.3, 0.4) is 0 Å². The van der Waals surface area contributed by atoms with Crippen molar-refractivity contribution in [2.45, 2.75) is 59.3 Å². The maximum Gasteiger partial charge on any atom is 0.169 e. The van der Waals surface area contributed by atoms with E-state index in [-0.39, 0.29) is 11.2 Å². The normalized spacial score (nSPS) is 16.3. The van der Waals surface area contributed by atoms with Crippen LogP contribution in [-0.2, 0) is 12.8 Å². The molecule has 0 aliphatic heterocycles. The molecule has 0 saturated carbocycles. The highest BCUT2D eigenvalue weighted by atomic mass is 16.5. The molecule has 0 spiro atoms. The van der Waals surface area contributed by atoms with Crippen molar-refractivity contribution in [2.75, 3.05) is 7.11 Å². The lowest BCUT2D eigenvalue weighted by molar-refractivity contribution is 0.0863. The Morgan fingerprint density at radius 2 is 1.95 bits per heavy atom. The van der Waals surface area contributed by atoms with Crippen LogP contribution in [0.4, 0.5) is 0 Å². The van der Waals surface area contributed by atoms with Crippen LogP contribution in [0.5, 0.6) is 5.75 Å². The van der Waals surface area contributed by atoms with Crippen molar-refractivity contribution in [3.05, 3.63) is 28.8 Å². The van der Waals surface area contributed by atoms with E-state index in [1.807, 2.05) is 19.9 Å². The number of unbranched alkanes of at least 4 members (excludes halogenated alkanes) is 3. The standard InChI is InChI=1S/C18H26O2/c1-5-6-7-8-9-13-10-14-12-18(2,3)17(19)15(14)11-16(13)20-4/h10-11H,5-9,12H2,1-4H3. The number of rotatable bonds is 6. The molecule has 1 aromatic carbocycles. The molecule has 0 bridgehead atoms. The number of carbonyl (C=O) groups excluding carboxylic acids is 1. The molecule has 0 fully saturated rings. The van der Waals surface area contributed by atoms with E-state index >= 15 is 0 Å². The van der Waals surface area contributed by atoms with Gasteiger partial charge < -0.3 is 4.74 Å². The summed E-state index contributed by atoms with van der Waals surface area (Å²) in [5.41, 5.74) is 3.07. The Labute approximate surface area is 122 Å². The predicted molar refractivity (Wildman–Crippen MR) is 82.7 cm³/mol. The fourth-order valence-corrected chi connectivity index (χ4v) is 3.08. The van der Waals surface area contributed by atoms with Crippen molar-refractivity contribution >= 4 is 5.78 Å². The quantitative estimate of drug-likeness (QED) is 0.710. The lowest BCUT2D eigenvalue weighted by Crippen LogP contribution is -2.18. The summed E-state index contributed by atoms with van der Waals surface area (Å²) in [7, 11) is 1.70. The van der Waals surface area contributed by atoms with E-state index in [1.165, 1.54) is 36.8 Å². The molecule has 20 heavy (non-hydrogen) atoms. The van der Waals surface area contributed by atoms with Crippen molar-refractivity contribution in [2.24, 2.45) is 5.41 Å². The zero-order valence-electron chi connectivity index (χ0n) is 13.2. The number of ketones is 1. The second-order valence-corrected chi connectivity index (χ2v) is 6.52. The van der Waals surface area contributed by atoms with Crippen molar-refractivity contribution in [1.29, 1.82) is 0 Å². The van der Waals surface area contributed by atoms with Gasteiger partial charge in [-0.25, -0.2) is 0 Å². The average Bonchev–Trinajstić information content (AvgIpc) is 2.64. The highest BCUT2D eigenvalue weighted by Gasteiger charge is 2.38. The van der Waals surface area contributed by atoms with Crippen LogP contribution in [-0.4, -0.2) is 12.9 Å². The van der Waals surface area contributed by atoms with Crippen LogP contribution in [0.2, 0.25) is 0 Å². The number of fused-ring (bicyclic) bond motifs is 1. The van der Waals surface area contributed by atoms with Gasteiger partial charge in [-0.05, 0) is 36.5 Å². The highest BCUT2D eigenvalue weighted by molar-refractivity contribution is 6.04. The second-order valence-electron chi connectivity index (χ2n) is 6.52. The Hall–Kier alpha value is -1.31. The number of methoxy groups -OCH3 is 1. The fourth-order valence-electron chi connectivity index (χ4n) is 3.08. The molecule has 0 radical (unpaired) electrons. The van der Waals surface area contributed by atoms with Gasteiger partial charge in [0.25, 0.3) is 0 Å². The van der Waals surface area contributed by atoms with Gasteiger partial charge in [-0.15, -0.1) is 0 Å². The van der Waals surface area contributed by atoms with E-state index in [4.69, 9.17) is 4.74 Å². The minimum atomic E-state index is -0.256. The second kappa shape index (κ2) is 5.99. The summed E-state index contributed by atoms with van der Waals surface area (Å²) >= 11 is 0. The number of aryl methyl sites for hydroxylation is 1. The Morgan fingerprint density at radius 3 is 2.60 bits per heavy atom. The van der Waals surface area contributed by atoms with Crippen LogP contribution in [0.1, 0.15) is 67.9 Å².